The molecule has 4 nitrogen and oxygen atoms in total. The zero-order chi connectivity index (χ0) is 19.2. The molecule has 0 bridgehead atoms. The number of carbonyl (C=O) groups excluding carboxylic acids is 2. The number of hydrogen-bond donors (Lipinski definition) is 1. The van der Waals surface area contributed by atoms with Gasteiger partial charge >= 0.3 is 6.18 Å². The lowest BCUT2D eigenvalue weighted by molar-refractivity contribution is -0.137. The molecule has 138 valence electrons. The van der Waals surface area contributed by atoms with Gasteiger partial charge in [0.2, 0.25) is 11.8 Å². The molecule has 0 radical (unpaired) electrons. The number of amides is 2. The minimum atomic E-state index is -4.48. The first-order valence-corrected chi connectivity index (χ1v) is 8.03. The third kappa shape index (κ3) is 5.61. The predicted octanol–water partition coefficient (Wildman–Crippen LogP) is 3.42. The van der Waals surface area contributed by atoms with Crippen LogP contribution in [0.2, 0.25) is 0 Å². The molecule has 0 aliphatic rings. The van der Waals surface area contributed by atoms with Crippen molar-refractivity contribution in [1.82, 2.24) is 5.32 Å². The minimum Gasteiger partial charge on any atom is -0.354 e. The maximum Gasteiger partial charge on any atom is 0.416 e. The number of alkyl halides is 3. The molecule has 0 aliphatic carbocycles. The van der Waals surface area contributed by atoms with Crippen molar-refractivity contribution in [2.75, 3.05) is 18.0 Å². The minimum absolute atomic E-state index is 0.0805. The van der Waals surface area contributed by atoms with Crippen molar-refractivity contribution < 1.29 is 22.8 Å². The van der Waals surface area contributed by atoms with E-state index >= 15 is 0 Å². The van der Waals surface area contributed by atoms with Crippen LogP contribution in [0, 0.1) is 0 Å². The second-order valence-electron chi connectivity index (χ2n) is 5.73. The number of halogens is 3. The largest absolute Gasteiger partial charge is 0.416 e. The number of nitrogens with zero attached hydrogens (tertiary/aromatic N) is 1. The van der Waals surface area contributed by atoms with E-state index in [1.807, 2.05) is 30.3 Å². The molecular weight excluding hydrogens is 345 g/mol. The number of nitrogens with one attached hydrogen (secondary N) is 1. The molecule has 1 N–H and O–H groups in total. The van der Waals surface area contributed by atoms with Crippen molar-refractivity contribution >= 4 is 17.5 Å². The van der Waals surface area contributed by atoms with Gasteiger partial charge in [-0.1, -0.05) is 36.4 Å². The van der Waals surface area contributed by atoms with Gasteiger partial charge in [-0.05, 0) is 23.8 Å². The van der Waals surface area contributed by atoms with E-state index in [1.165, 1.54) is 24.0 Å². The highest BCUT2D eigenvalue weighted by atomic mass is 19.4. The molecule has 2 aromatic rings. The van der Waals surface area contributed by atoms with E-state index in [2.05, 4.69) is 5.32 Å². The first-order chi connectivity index (χ1) is 12.3. The topological polar surface area (TPSA) is 49.4 Å². The van der Waals surface area contributed by atoms with Gasteiger partial charge in [0.25, 0.3) is 0 Å². The summed E-state index contributed by atoms with van der Waals surface area (Å²) >= 11 is 0. The lowest BCUT2D eigenvalue weighted by Gasteiger charge is -2.22. The summed E-state index contributed by atoms with van der Waals surface area (Å²) in [6.45, 7) is 1.49. The Balaban J connectivity index is 1.97. The van der Waals surface area contributed by atoms with Gasteiger partial charge in [0.05, 0.1) is 12.0 Å². The zero-order valence-electron chi connectivity index (χ0n) is 14.2. The van der Waals surface area contributed by atoms with Gasteiger partial charge in [0.1, 0.15) is 0 Å². The van der Waals surface area contributed by atoms with Gasteiger partial charge in [-0.25, -0.2) is 0 Å². The summed E-state index contributed by atoms with van der Waals surface area (Å²) in [7, 11) is 0. The molecule has 2 aromatic carbocycles. The molecule has 0 fully saturated rings. The summed E-state index contributed by atoms with van der Waals surface area (Å²) in [6, 6.07) is 13.7. The average Bonchev–Trinajstić information content (AvgIpc) is 2.58. The van der Waals surface area contributed by atoms with Crippen LogP contribution in [0.4, 0.5) is 18.9 Å². The Hall–Kier alpha value is -2.83. The highest BCUT2D eigenvalue weighted by Crippen LogP contribution is 2.31. The van der Waals surface area contributed by atoms with Crippen LogP contribution in [0.3, 0.4) is 0 Å². The Morgan fingerprint density at radius 3 is 2.35 bits per heavy atom. The first-order valence-electron chi connectivity index (χ1n) is 8.03. The molecule has 0 atom stereocenters. The van der Waals surface area contributed by atoms with Gasteiger partial charge < -0.3 is 10.2 Å². The molecule has 7 heteroatoms. The van der Waals surface area contributed by atoms with Crippen molar-refractivity contribution in [3.8, 4) is 0 Å². The average molecular weight is 364 g/mol. The quantitative estimate of drug-likeness (QED) is 0.854. The van der Waals surface area contributed by atoms with Gasteiger partial charge in [-0.3, -0.25) is 9.59 Å². The second-order valence-corrected chi connectivity index (χ2v) is 5.73. The molecule has 0 heterocycles. The third-order valence-corrected chi connectivity index (χ3v) is 3.73. The molecule has 0 aromatic heterocycles. The lowest BCUT2D eigenvalue weighted by atomic mass is 10.1. The Morgan fingerprint density at radius 1 is 1.04 bits per heavy atom. The van der Waals surface area contributed by atoms with Crippen molar-refractivity contribution in [3.05, 3.63) is 65.7 Å². The lowest BCUT2D eigenvalue weighted by Crippen LogP contribution is -2.38. The van der Waals surface area contributed by atoms with Gasteiger partial charge in [0, 0.05) is 25.7 Å². The van der Waals surface area contributed by atoms with E-state index in [9.17, 15) is 22.8 Å². The van der Waals surface area contributed by atoms with Gasteiger partial charge in [-0.15, -0.1) is 0 Å². The highest BCUT2D eigenvalue weighted by Gasteiger charge is 2.31. The fraction of sp³-hybridized carbons (Fsp3) is 0.263. The van der Waals surface area contributed by atoms with Crippen LogP contribution in [0.15, 0.2) is 54.6 Å². The van der Waals surface area contributed by atoms with Crippen LogP contribution in [-0.4, -0.2) is 24.9 Å². The molecule has 2 rings (SSSR count). The standard InChI is InChI=1S/C19H19F3N2O2/c1-14(25)24(17-9-5-8-16(13-17)19(20,21)22)11-10-23-18(26)12-15-6-3-2-4-7-15/h2-9,13H,10-12H2,1H3,(H,23,26). The molecule has 0 saturated carbocycles. The van der Waals surface area contributed by atoms with Gasteiger partial charge in [0.15, 0.2) is 0 Å². The summed E-state index contributed by atoms with van der Waals surface area (Å²) in [5.41, 5.74) is 0.172. The number of hydrogen-bond acceptors (Lipinski definition) is 2. The van der Waals surface area contributed by atoms with Crippen LogP contribution in [-0.2, 0) is 22.2 Å². The van der Waals surface area contributed by atoms with E-state index in [1.54, 1.807) is 0 Å². The normalized spacial score (nSPS) is 11.1. The van der Waals surface area contributed by atoms with Crippen LogP contribution in [0.5, 0.6) is 0 Å². The Morgan fingerprint density at radius 2 is 1.73 bits per heavy atom. The monoisotopic (exact) mass is 364 g/mol. The summed E-state index contributed by atoms with van der Waals surface area (Å²) < 4.78 is 38.5. The highest BCUT2D eigenvalue weighted by molar-refractivity contribution is 5.91. The maximum atomic E-state index is 12.8. The predicted molar refractivity (Wildman–Crippen MR) is 92.6 cm³/mol. The Kier molecular flexibility index (Phi) is 6.38. The van der Waals surface area contributed by atoms with E-state index in [-0.39, 0.29) is 31.1 Å². The SMILES string of the molecule is CC(=O)N(CCNC(=O)Cc1ccccc1)c1cccc(C(F)(F)F)c1. The van der Waals surface area contributed by atoms with E-state index in [0.29, 0.717) is 0 Å². The molecular formula is C19H19F3N2O2. The molecule has 0 saturated heterocycles. The summed E-state index contributed by atoms with van der Waals surface area (Å²) in [5, 5.41) is 2.68. The zero-order valence-corrected chi connectivity index (χ0v) is 14.2. The number of rotatable bonds is 6. The van der Waals surface area contributed by atoms with Gasteiger partial charge in [-0.2, -0.15) is 13.2 Å². The summed E-state index contributed by atoms with van der Waals surface area (Å²) in [6.07, 6.45) is -4.28. The van der Waals surface area contributed by atoms with Crippen molar-refractivity contribution in [2.45, 2.75) is 19.5 Å². The van der Waals surface area contributed by atoms with Crippen LogP contribution in [0.25, 0.3) is 0 Å². The Bertz CT molecular complexity index is 761. The van der Waals surface area contributed by atoms with Crippen molar-refractivity contribution in [2.24, 2.45) is 0 Å². The van der Waals surface area contributed by atoms with E-state index in [0.717, 1.165) is 17.7 Å². The molecule has 2 amide bonds. The second kappa shape index (κ2) is 8.51. The van der Waals surface area contributed by atoms with Crippen LogP contribution < -0.4 is 10.2 Å². The number of anilines is 1. The number of carbonyl (C=O) groups is 2. The fourth-order valence-corrected chi connectivity index (χ4v) is 2.47. The fourth-order valence-electron chi connectivity index (χ4n) is 2.47. The molecule has 0 spiro atoms. The summed E-state index contributed by atoms with van der Waals surface area (Å²) in [5.74, 6) is -0.620. The molecule has 0 aliphatic heterocycles. The van der Waals surface area contributed by atoms with Crippen molar-refractivity contribution in [1.29, 1.82) is 0 Å². The van der Waals surface area contributed by atoms with Crippen molar-refractivity contribution in [3.63, 3.8) is 0 Å². The smallest absolute Gasteiger partial charge is 0.354 e. The maximum absolute atomic E-state index is 12.8. The molecule has 0 unspecified atom stereocenters. The first kappa shape index (κ1) is 19.5. The summed E-state index contributed by atoms with van der Waals surface area (Å²) in [4.78, 5) is 24.9. The van der Waals surface area contributed by atoms with Crippen LogP contribution in [0.1, 0.15) is 18.1 Å². The number of benzene rings is 2. The van der Waals surface area contributed by atoms with E-state index < -0.39 is 17.6 Å². The Labute approximate surface area is 149 Å². The molecule has 26 heavy (non-hydrogen) atoms. The third-order valence-electron chi connectivity index (χ3n) is 3.73. The van der Waals surface area contributed by atoms with E-state index in [4.69, 9.17) is 0 Å². The van der Waals surface area contributed by atoms with Crippen LogP contribution >= 0.6 is 0 Å².